The normalized spacial score (nSPS) is 11.5. The van der Waals surface area contributed by atoms with Crippen LogP contribution in [0.3, 0.4) is 0 Å². The van der Waals surface area contributed by atoms with Crippen LogP contribution in [0.25, 0.3) is 0 Å². The summed E-state index contributed by atoms with van der Waals surface area (Å²) in [5, 5.41) is 20.2. The number of aryl methyl sites for hydroxylation is 1. The number of aromatic nitrogens is 2. The van der Waals surface area contributed by atoms with Crippen molar-refractivity contribution in [1.82, 2.24) is 10.2 Å². The van der Waals surface area contributed by atoms with E-state index in [4.69, 9.17) is 0 Å². The fourth-order valence-electron chi connectivity index (χ4n) is 1.84. The molecule has 1 unspecified atom stereocenters. The maximum atomic E-state index is 11.4. The number of nitriles is 1. The van der Waals surface area contributed by atoms with Crippen molar-refractivity contribution in [2.45, 2.75) is 39.7 Å². The summed E-state index contributed by atoms with van der Waals surface area (Å²) in [6.07, 6.45) is 1.42. The lowest BCUT2D eigenvalue weighted by Crippen LogP contribution is -2.28. The summed E-state index contributed by atoms with van der Waals surface area (Å²) in [5.41, 5.74) is 2.14. The summed E-state index contributed by atoms with van der Waals surface area (Å²) >= 11 is 0. The van der Waals surface area contributed by atoms with E-state index in [0.717, 1.165) is 17.7 Å². The zero-order chi connectivity index (χ0) is 14.4. The van der Waals surface area contributed by atoms with Gasteiger partial charge in [0.15, 0.2) is 5.82 Å². The van der Waals surface area contributed by atoms with E-state index in [1.807, 2.05) is 13.8 Å². The van der Waals surface area contributed by atoms with Gasteiger partial charge in [0.2, 0.25) is 0 Å². The molecule has 0 saturated carbocycles. The molecule has 6 nitrogen and oxygen atoms in total. The molecule has 1 N–H and O–H groups in total. The van der Waals surface area contributed by atoms with E-state index in [9.17, 15) is 10.1 Å². The van der Waals surface area contributed by atoms with E-state index < -0.39 is 12.0 Å². The summed E-state index contributed by atoms with van der Waals surface area (Å²) in [4.78, 5) is 11.4. The van der Waals surface area contributed by atoms with Crippen LogP contribution in [0.5, 0.6) is 0 Å². The van der Waals surface area contributed by atoms with Crippen LogP contribution < -0.4 is 5.32 Å². The minimum atomic E-state index is -0.580. The molecule has 0 aliphatic carbocycles. The molecule has 0 aliphatic rings. The Bertz CT molecular complexity index is 508. The highest BCUT2D eigenvalue weighted by Crippen LogP contribution is 2.20. The molecule has 0 aliphatic heterocycles. The van der Waals surface area contributed by atoms with Crippen molar-refractivity contribution in [3.05, 3.63) is 16.8 Å². The summed E-state index contributed by atoms with van der Waals surface area (Å²) in [5.74, 6) is -0.0854. The van der Waals surface area contributed by atoms with E-state index in [2.05, 4.69) is 26.3 Å². The molecule has 6 heteroatoms. The Morgan fingerprint density at radius 3 is 2.58 bits per heavy atom. The smallest absolute Gasteiger partial charge is 0.328 e. The molecule has 1 heterocycles. The molecule has 0 radical (unpaired) electrons. The lowest BCUT2D eigenvalue weighted by Gasteiger charge is -2.15. The Balaban J connectivity index is 3.16. The number of carbonyl (C=O) groups is 1. The van der Waals surface area contributed by atoms with Crippen molar-refractivity contribution in [3.63, 3.8) is 0 Å². The summed E-state index contributed by atoms with van der Waals surface area (Å²) in [7, 11) is 1.31. The third-order valence-electron chi connectivity index (χ3n) is 2.87. The number of hydrogen-bond donors (Lipinski definition) is 1. The minimum absolute atomic E-state index is 0.328. The SMILES string of the molecule is CCc1nnc(NC(C)C(=O)OC)c(C#N)c1CC. The first-order valence-electron chi connectivity index (χ1n) is 6.21. The Morgan fingerprint density at radius 2 is 2.11 bits per heavy atom. The quantitative estimate of drug-likeness (QED) is 0.808. The number of ether oxygens (including phenoxy) is 1. The molecule has 0 saturated heterocycles. The van der Waals surface area contributed by atoms with Gasteiger partial charge in [0.25, 0.3) is 0 Å². The van der Waals surface area contributed by atoms with Crippen LogP contribution in [-0.2, 0) is 22.4 Å². The summed E-state index contributed by atoms with van der Waals surface area (Å²) in [6, 6.07) is 1.55. The van der Waals surface area contributed by atoms with Crippen LogP contribution >= 0.6 is 0 Å². The molecule has 1 rings (SSSR count). The zero-order valence-electron chi connectivity index (χ0n) is 11.6. The van der Waals surface area contributed by atoms with Gasteiger partial charge in [-0.05, 0) is 25.3 Å². The van der Waals surface area contributed by atoms with Gasteiger partial charge in [-0.2, -0.15) is 10.4 Å². The van der Waals surface area contributed by atoms with E-state index in [0.29, 0.717) is 17.8 Å². The molecule has 0 spiro atoms. The third-order valence-corrected chi connectivity index (χ3v) is 2.87. The lowest BCUT2D eigenvalue weighted by molar-refractivity contribution is -0.141. The van der Waals surface area contributed by atoms with Crippen LogP contribution in [0.2, 0.25) is 0 Å². The molecule has 0 aromatic carbocycles. The van der Waals surface area contributed by atoms with Crippen molar-refractivity contribution in [1.29, 1.82) is 5.26 Å². The maximum absolute atomic E-state index is 11.4. The van der Waals surface area contributed by atoms with Crippen molar-refractivity contribution in [3.8, 4) is 6.07 Å². The van der Waals surface area contributed by atoms with Crippen LogP contribution in [0, 0.1) is 11.3 Å². The molecule has 102 valence electrons. The number of hydrogen-bond acceptors (Lipinski definition) is 6. The third kappa shape index (κ3) is 3.19. The number of methoxy groups -OCH3 is 1. The lowest BCUT2D eigenvalue weighted by atomic mass is 10.0. The number of rotatable bonds is 5. The van der Waals surface area contributed by atoms with Gasteiger partial charge in [-0.3, -0.25) is 0 Å². The average Bonchev–Trinajstić information content (AvgIpc) is 2.45. The Labute approximate surface area is 112 Å². The number of anilines is 1. The van der Waals surface area contributed by atoms with Crippen LogP contribution in [0.15, 0.2) is 0 Å². The van der Waals surface area contributed by atoms with Gasteiger partial charge in [-0.15, -0.1) is 5.10 Å². The predicted octanol–water partition coefficient (Wildman–Crippen LogP) is 1.45. The molecular formula is C13H18N4O2. The molecule has 1 aromatic rings. The van der Waals surface area contributed by atoms with Crippen molar-refractivity contribution in [2.24, 2.45) is 0 Å². The molecule has 0 amide bonds. The molecular weight excluding hydrogens is 244 g/mol. The van der Waals surface area contributed by atoms with Crippen molar-refractivity contribution in [2.75, 3.05) is 12.4 Å². The van der Waals surface area contributed by atoms with Gasteiger partial charge in [-0.1, -0.05) is 13.8 Å². The molecule has 0 bridgehead atoms. The number of nitrogens with zero attached hydrogens (tertiary/aromatic N) is 3. The highest BCUT2D eigenvalue weighted by atomic mass is 16.5. The van der Waals surface area contributed by atoms with E-state index >= 15 is 0 Å². The van der Waals surface area contributed by atoms with Gasteiger partial charge in [0.05, 0.1) is 12.8 Å². The highest BCUT2D eigenvalue weighted by molar-refractivity contribution is 5.79. The van der Waals surface area contributed by atoms with E-state index in [1.54, 1.807) is 6.92 Å². The van der Waals surface area contributed by atoms with Gasteiger partial charge >= 0.3 is 5.97 Å². The molecule has 19 heavy (non-hydrogen) atoms. The Kier molecular flexibility index (Phi) is 5.24. The second kappa shape index (κ2) is 6.69. The van der Waals surface area contributed by atoms with E-state index in [1.165, 1.54) is 7.11 Å². The predicted molar refractivity (Wildman–Crippen MR) is 70.6 cm³/mol. The maximum Gasteiger partial charge on any atom is 0.328 e. The van der Waals surface area contributed by atoms with Crippen molar-refractivity contribution < 1.29 is 9.53 Å². The standard InChI is InChI=1S/C13H18N4O2/c1-5-9-10(7-14)12(17-16-11(9)6-2)15-8(3)13(18)19-4/h8H,5-6H2,1-4H3,(H,15,17). The Hall–Kier alpha value is -2.16. The number of nitrogens with one attached hydrogen (secondary N) is 1. The van der Waals surface area contributed by atoms with Gasteiger partial charge in [0.1, 0.15) is 17.7 Å². The first-order chi connectivity index (χ1) is 9.08. The van der Waals surface area contributed by atoms with E-state index in [-0.39, 0.29) is 0 Å². The fourth-order valence-corrected chi connectivity index (χ4v) is 1.84. The van der Waals surface area contributed by atoms with Crippen LogP contribution in [0.4, 0.5) is 5.82 Å². The highest BCUT2D eigenvalue weighted by Gasteiger charge is 2.19. The summed E-state index contributed by atoms with van der Waals surface area (Å²) in [6.45, 7) is 5.58. The van der Waals surface area contributed by atoms with Crippen LogP contribution in [-0.4, -0.2) is 29.3 Å². The molecule has 0 fully saturated rings. The molecule has 1 aromatic heterocycles. The van der Waals surface area contributed by atoms with Gasteiger partial charge < -0.3 is 10.1 Å². The first kappa shape index (κ1) is 14.9. The zero-order valence-corrected chi connectivity index (χ0v) is 11.6. The number of esters is 1. The van der Waals surface area contributed by atoms with Gasteiger partial charge in [-0.25, -0.2) is 4.79 Å². The monoisotopic (exact) mass is 262 g/mol. The minimum Gasteiger partial charge on any atom is -0.467 e. The topological polar surface area (TPSA) is 87.9 Å². The average molecular weight is 262 g/mol. The largest absolute Gasteiger partial charge is 0.467 e. The second-order valence-corrected chi connectivity index (χ2v) is 4.06. The Morgan fingerprint density at radius 1 is 1.42 bits per heavy atom. The van der Waals surface area contributed by atoms with Gasteiger partial charge in [0, 0.05) is 0 Å². The van der Waals surface area contributed by atoms with Crippen molar-refractivity contribution >= 4 is 11.8 Å². The second-order valence-electron chi connectivity index (χ2n) is 4.06. The first-order valence-corrected chi connectivity index (χ1v) is 6.21. The number of carbonyl (C=O) groups excluding carboxylic acids is 1. The fraction of sp³-hybridized carbons (Fsp3) is 0.538. The summed E-state index contributed by atoms with van der Waals surface area (Å²) < 4.78 is 4.63. The van der Waals surface area contributed by atoms with Crippen LogP contribution in [0.1, 0.15) is 37.6 Å². The molecule has 1 atom stereocenters.